The Morgan fingerprint density at radius 1 is 1.12 bits per heavy atom. The number of halogens is 1. The number of hydrogen-bond acceptors (Lipinski definition) is 7. The van der Waals surface area contributed by atoms with Crippen molar-refractivity contribution in [2.24, 2.45) is 0 Å². The van der Waals surface area contributed by atoms with Gasteiger partial charge in [0.1, 0.15) is 23.3 Å². The van der Waals surface area contributed by atoms with Crippen molar-refractivity contribution in [3.05, 3.63) is 52.5 Å². The zero-order valence-electron chi connectivity index (χ0n) is 19.1. The molecule has 1 aromatic carbocycles. The van der Waals surface area contributed by atoms with Gasteiger partial charge in [0.15, 0.2) is 10.8 Å². The van der Waals surface area contributed by atoms with Crippen LogP contribution >= 0.6 is 34.4 Å². The maximum absolute atomic E-state index is 5.46. The molecule has 9 heteroatoms. The summed E-state index contributed by atoms with van der Waals surface area (Å²) in [5, 5.41) is 4.65. The topological polar surface area (TPSA) is 77.8 Å². The highest BCUT2D eigenvalue weighted by Crippen LogP contribution is 2.36. The van der Waals surface area contributed by atoms with Crippen LogP contribution in [0.15, 0.2) is 59.0 Å². The monoisotopic (exact) mass is 586 g/mol. The Morgan fingerprint density at radius 2 is 2.00 bits per heavy atom. The molecule has 0 radical (unpaired) electrons. The largest absolute Gasteiger partial charge is 0.497 e. The molecule has 3 heterocycles. The number of aromatic nitrogens is 5. The highest BCUT2D eigenvalue weighted by molar-refractivity contribution is 14.1. The van der Waals surface area contributed by atoms with Crippen LogP contribution in [0.25, 0.3) is 22.6 Å². The summed E-state index contributed by atoms with van der Waals surface area (Å²) in [6.45, 7) is 1.66. The quantitative estimate of drug-likeness (QED) is 0.271. The van der Waals surface area contributed by atoms with Crippen LogP contribution in [-0.4, -0.2) is 44.2 Å². The maximum atomic E-state index is 5.46. The van der Waals surface area contributed by atoms with Crippen molar-refractivity contribution < 1.29 is 4.74 Å². The molecule has 0 aliphatic heterocycles. The first-order valence-electron chi connectivity index (χ1n) is 11.6. The zero-order chi connectivity index (χ0) is 23.3. The van der Waals surface area contributed by atoms with Crippen molar-refractivity contribution in [2.75, 3.05) is 13.7 Å². The van der Waals surface area contributed by atoms with E-state index in [-0.39, 0.29) is 0 Å². The predicted octanol–water partition coefficient (Wildman–Crippen LogP) is 5.58. The van der Waals surface area contributed by atoms with Gasteiger partial charge in [0.05, 0.1) is 12.8 Å². The van der Waals surface area contributed by atoms with E-state index >= 15 is 0 Å². The molecule has 0 saturated heterocycles. The zero-order valence-corrected chi connectivity index (χ0v) is 22.1. The van der Waals surface area contributed by atoms with Gasteiger partial charge in [-0.2, -0.15) is 0 Å². The van der Waals surface area contributed by atoms with E-state index < -0.39 is 0 Å². The fourth-order valence-corrected chi connectivity index (χ4v) is 5.99. The first kappa shape index (κ1) is 23.5. The van der Waals surface area contributed by atoms with Gasteiger partial charge in [-0.3, -0.25) is 4.98 Å². The minimum atomic E-state index is 0.609. The second-order valence-electron chi connectivity index (χ2n) is 8.34. The Kier molecular flexibility index (Phi) is 7.60. The van der Waals surface area contributed by atoms with Gasteiger partial charge in [-0.25, -0.2) is 15.0 Å². The molecule has 1 aliphatic carbocycles. The van der Waals surface area contributed by atoms with Crippen LogP contribution in [0.4, 0.5) is 0 Å². The third-order valence-corrected chi connectivity index (χ3v) is 8.48. The van der Waals surface area contributed by atoms with Crippen molar-refractivity contribution in [1.29, 1.82) is 0 Å². The van der Waals surface area contributed by atoms with Gasteiger partial charge in [0.2, 0.25) is 0 Å². The molecule has 7 nitrogen and oxygen atoms in total. The Morgan fingerprint density at radius 3 is 2.79 bits per heavy atom. The SMILES string of the molecule is COc1ccc(I)c(Sc2nc3c(-c4ccccn4)ncnc3n2CCNC2CCCCC2)c1. The Balaban J connectivity index is 1.51. The van der Waals surface area contributed by atoms with Gasteiger partial charge in [0, 0.05) is 33.8 Å². The molecular formula is C25H27IN6OS. The van der Waals surface area contributed by atoms with Crippen LogP contribution in [0.5, 0.6) is 5.75 Å². The van der Waals surface area contributed by atoms with E-state index in [0.29, 0.717) is 6.04 Å². The lowest BCUT2D eigenvalue weighted by molar-refractivity contribution is 0.366. The summed E-state index contributed by atoms with van der Waals surface area (Å²) in [6.07, 6.45) is 9.92. The molecule has 0 unspecified atom stereocenters. The molecule has 0 amide bonds. The lowest BCUT2D eigenvalue weighted by Crippen LogP contribution is -2.33. The summed E-state index contributed by atoms with van der Waals surface area (Å²) in [5.41, 5.74) is 3.17. The fraction of sp³-hybridized carbons (Fsp3) is 0.360. The molecule has 176 valence electrons. The summed E-state index contributed by atoms with van der Waals surface area (Å²) < 4.78 is 8.82. The van der Waals surface area contributed by atoms with Crippen LogP contribution in [-0.2, 0) is 6.54 Å². The van der Waals surface area contributed by atoms with E-state index in [9.17, 15) is 0 Å². The molecule has 5 rings (SSSR count). The smallest absolute Gasteiger partial charge is 0.175 e. The van der Waals surface area contributed by atoms with Gasteiger partial charge < -0.3 is 14.6 Å². The Labute approximate surface area is 217 Å². The molecule has 0 atom stereocenters. The third-order valence-electron chi connectivity index (χ3n) is 6.12. The molecule has 3 aromatic heterocycles. The maximum Gasteiger partial charge on any atom is 0.175 e. The van der Waals surface area contributed by atoms with E-state index in [1.807, 2.05) is 24.3 Å². The van der Waals surface area contributed by atoms with Crippen LogP contribution in [0.1, 0.15) is 32.1 Å². The molecule has 0 spiro atoms. The number of methoxy groups -OCH3 is 1. The molecule has 34 heavy (non-hydrogen) atoms. The van der Waals surface area contributed by atoms with E-state index in [1.54, 1.807) is 31.4 Å². The van der Waals surface area contributed by atoms with E-state index in [1.165, 1.54) is 32.1 Å². The molecule has 1 fully saturated rings. The fourth-order valence-electron chi connectivity index (χ4n) is 4.36. The van der Waals surface area contributed by atoms with Crippen LogP contribution in [0, 0.1) is 3.57 Å². The second-order valence-corrected chi connectivity index (χ2v) is 10.5. The van der Waals surface area contributed by atoms with Gasteiger partial charge in [-0.1, -0.05) is 37.1 Å². The number of fused-ring (bicyclic) bond motifs is 1. The first-order chi connectivity index (χ1) is 16.7. The van der Waals surface area contributed by atoms with Crippen LogP contribution in [0.3, 0.4) is 0 Å². The lowest BCUT2D eigenvalue weighted by atomic mass is 9.95. The molecule has 1 N–H and O–H groups in total. The van der Waals surface area contributed by atoms with E-state index in [0.717, 1.165) is 55.0 Å². The van der Waals surface area contributed by atoms with Gasteiger partial charge in [-0.15, -0.1) is 0 Å². The van der Waals surface area contributed by atoms with Crippen LogP contribution in [0.2, 0.25) is 0 Å². The minimum Gasteiger partial charge on any atom is -0.497 e. The number of ether oxygens (including phenoxy) is 1. The summed E-state index contributed by atoms with van der Waals surface area (Å²) in [4.78, 5) is 19.8. The molecule has 1 aliphatic rings. The average molecular weight is 587 g/mol. The van der Waals surface area contributed by atoms with Gasteiger partial charge in [-0.05, 0) is 65.8 Å². The molecule has 1 saturated carbocycles. The Hall–Kier alpha value is -2.24. The number of nitrogens with zero attached hydrogens (tertiary/aromatic N) is 5. The summed E-state index contributed by atoms with van der Waals surface area (Å²) in [7, 11) is 1.69. The number of nitrogens with one attached hydrogen (secondary N) is 1. The second kappa shape index (κ2) is 11.0. The standard InChI is InChI=1S/C25H27IN6OS/c1-33-18-10-11-19(26)21(15-18)34-25-31-23-22(20-9-5-6-12-28-20)29-16-30-24(23)32(25)14-13-27-17-7-3-2-4-8-17/h5-6,9-12,15-17,27H,2-4,7-8,13-14H2,1H3. The van der Waals surface area contributed by atoms with Gasteiger partial charge in [0.25, 0.3) is 0 Å². The number of rotatable bonds is 8. The lowest BCUT2D eigenvalue weighted by Gasteiger charge is -2.23. The van der Waals surface area contributed by atoms with Crippen molar-refractivity contribution >= 4 is 45.5 Å². The summed E-state index contributed by atoms with van der Waals surface area (Å²) >= 11 is 3.99. The molecular weight excluding hydrogens is 559 g/mol. The van der Waals surface area contributed by atoms with E-state index in [4.69, 9.17) is 9.72 Å². The number of imidazole rings is 1. The highest BCUT2D eigenvalue weighted by Gasteiger charge is 2.20. The first-order valence-corrected chi connectivity index (χ1v) is 13.5. The molecule has 0 bridgehead atoms. The number of benzene rings is 1. The average Bonchev–Trinajstić information content (AvgIpc) is 3.23. The third kappa shape index (κ3) is 5.21. The van der Waals surface area contributed by atoms with E-state index in [2.05, 4.69) is 59.6 Å². The minimum absolute atomic E-state index is 0.609. The van der Waals surface area contributed by atoms with Crippen molar-refractivity contribution in [2.45, 2.75) is 54.7 Å². The number of hydrogen-bond donors (Lipinski definition) is 1. The summed E-state index contributed by atoms with van der Waals surface area (Å²) in [6, 6.07) is 12.5. The van der Waals surface area contributed by atoms with Crippen molar-refractivity contribution in [3.63, 3.8) is 0 Å². The number of pyridine rings is 1. The van der Waals surface area contributed by atoms with Crippen molar-refractivity contribution in [1.82, 2.24) is 29.8 Å². The predicted molar refractivity (Wildman–Crippen MR) is 143 cm³/mol. The normalized spacial score (nSPS) is 14.5. The Bertz CT molecular complexity index is 1260. The van der Waals surface area contributed by atoms with Crippen molar-refractivity contribution in [3.8, 4) is 17.1 Å². The molecule has 4 aromatic rings. The van der Waals surface area contributed by atoms with Crippen LogP contribution < -0.4 is 10.1 Å². The van der Waals surface area contributed by atoms with Gasteiger partial charge >= 0.3 is 0 Å². The summed E-state index contributed by atoms with van der Waals surface area (Å²) in [5.74, 6) is 0.832. The highest BCUT2D eigenvalue weighted by atomic mass is 127.